The van der Waals surface area contributed by atoms with Gasteiger partial charge in [0.2, 0.25) is 4.96 Å². The number of fused-ring (bicyclic) bond motifs is 1. The van der Waals surface area contributed by atoms with Gasteiger partial charge in [-0.2, -0.15) is 9.61 Å². The molecular formula is C8H9ClN4S. The fraction of sp³-hybridized carbons (Fsp3) is 0.625. The van der Waals surface area contributed by atoms with Crippen molar-refractivity contribution in [3.05, 3.63) is 10.8 Å². The zero-order valence-corrected chi connectivity index (χ0v) is 9.22. The third kappa shape index (κ3) is 1.23. The monoisotopic (exact) mass is 228 g/mol. The zero-order chi connectivity index (χ0) is 9.71. The first-order chi connectivity index (χ1) is 6.75. The van der Waals surface area contributed by atoms with E-state index in [2.05, 4.69) is 15.3 Å². The molecule has 4 nitrogen and oxygen atoms in total. The van der Waals surface area contributed by atoms with E-state index in [1.165, 1.54) is 24.2 Å². The molecule has 74 valence electrons. The van der Waals surface area contributed by atoms with Crippen molar-refractivity contribution in [1.29, 1.82) is 0 Å². The molecule has 0 radical (unpaired) electrons. The highest BCUT2D eigenvalue weighted by Gasteiger charge is 2.30. The Hall–Kier alpha value is -0.680. The van der Waals surface area contributed by atoms with Crippen LogP contribution >= 0.6 is 22.9 Å². The molecular weight excluding hydrogens is 220 g/mol. The summed E-state index contributed by atoms with van der Waals surface area (Å²) in [5.74, 6) is 1.57. The molecule has 1 saturated carbocycles. The van der Waals surface area contributed by atoms with Crippen LogP contribution in [0.2, 0.25) is 0 Å². The third-order valence-corrected chi connectivity index (χ3v) is 3.73. The minimum absolute atomic E-state index is 0.0475. The zero-order valence-electron chi connectivity index (χ0n) is 7.64. The number of alkyl halides is 1. The Labute approximate surface area is 89.9 Å². The van der Waals surface area contributed by atoms with Crippen LogP contribution in [0.15, 0.2) is 0 Å². The van der Waals surface area contributed by atoms with Crippen LogP contribution in [0.4, 0.5) is 0 Å². The minimum atomic E-state index is -0.0475. The van der Waals surface area contributed by atoms with Crippen LogP contribution in [0.5, 0.6) is 0 Å². The Morgan fingerprint density at radius 1 is 1.50 bits per heavy atom. The van der Waals surface area contributed by atoms with Crippen LogP contribution in [0.3, 0.4) is 0 Å². The van der Waals surface area contributed by atoms with Crippen LogP contribution < -0.4 is 0 Å². The average molecular weight is 229 g/mol. The lowest BCUT2D eigenvalue weighted by Crippen LogP contribution is -1.94. The lowest BCUT2D eigenvalue weighted by Gasteiger charge is -1.93. The van der Waals surface area contributed by atoms with E-state index < -0.39 is 0 Å². The summed E-state index contributed by atoms with van der Waals surface area (Å²) >= 11 is 7.48. The Morgan fingerprint density at radius 2 is 2.29 bits per heavy atom. The van der Waals surface area contributed by atoms with Gasteiger partial charge < -0.3 is 0 Å². The highest BCUT2D eigenvalue weighted by molar-refractivity contribution is 7.16. The summed E-state index contributed by atoms with van der Waals surface area (Å²) < 4.78 is 1.84. The van der Waals surface area contributed by atoms with Crippen molar-refractivity contribution < 1.29 is 0 Å². The molecule has 2 aromatic rings. The molecule has 0 bridgehead atoms. The summed E-state index contributed by atoms with van der Waals surface area (Å²) in [6, 6.07) is 0. The molecule has 1 aliphatic carbocycles. The molecule has 0 aromatic carbocycles. The Balaban J connectivity index is 2.14. The van der Waals surface area contributed by atoms with E-state index in [9.17, 15) is 0 Å². The van der Waals surface area contributed by atoms with E-state index in [1.807, 2.05) is 11.4 Å². The largest absolute Gasteiger partial charge is 0.234 e. The first-order valence-corrected chi connectivity index (χ1v) is 5.87. The van der Waals surface area contributed by atoms with Crippen molar-refractivity contribution in [1.82, 2.24) is 19.8 Å². The predicted molar refractivity (Wildman–Crippen MR) is 54.9 cm³/mol. The second-order valence-corrected chi connectivity index (χ2v) is 5.23. The minimum Gasteiger partial charge on any atom is -0.187 e. The molecule has 3 rings (SSSR count). The summed E-state index contributed by atoms with van der Waals surface area (Å²) in [6.45, 7) is 1.92. The Bertz CT molecular complexity index is 471. The van der Waals surface area contributed by atoms with Crippen LogP contribution in [0.25, 0.3) is 4.96 Å². The van der Waals surface area contributed by atoms with Crippen molar-refractivity contribution >= 4 is 27.9 Å². The standard InChI is InChI=1S/C8H9ClN4S/c1-4(9)7-12-13-6(5-2-3-5)10-11-8(13)14-7/h4-5H,2-3H2,1H3. The second kappa shape index (κ2) is 2.90. The second-order valence-electron chi connectivity index (χ2n) is 3.58. The maximum absolute atomic E-state index is 5.97. The topological polar surface area (TPSA) is 43.1 Å². The molecule has 14 heavy (non-hydrogen) atoms. The van der Waals surface area contributed by atoms with Gasteiger partial charge in [0.05, 0.1) is 5.38 Å². The number of hydrogen-bond acceptors (Lipinski definition) is 4. The first-order valence-electron chi connectivity index (χ1n) is 4.62. The van der Waals surface area contributed by atoms with Gasteiger partial charge >= 0.3 is 0 Å². The van der Waals surface area contributed by atoms with E-state index in [4.69, 9.17) is 11.6 Å². The average Bonchev–Trinajstić information content (AvgIpc) is 2.77. The summed E-state index contributed by atoms with van der Waals surface area (Å²) in [7, 11) is 0. The quantitative estimate of drug-likeness (QED) is 0.742. The summed E-state index contributed by atoms with van der Waals surface area (Å²) in [4.78, 5) is 0.856. The molecule has 0 aliphatic heterocycles. The molecule has 1 fully saturated rings. The van der Waals surface area contributed by atoms with Crippen LogP contribution in [-0.4, -0.2) is 19.8 Å². The van der Waals surface area contributed by atoms with Gasteiger partial charge in [0.1, 0.15) is 5.01 Å². The van der Waals surface area contributed by atoms with Gasteiger partial charge in [0.25, 0.3) is 0 Å². The predicted octanol–water partition coefficient (Wildman–Crippen LogP) is 2.36. The molecule has 1 unspecified atom stereocenters. The van der Waals surface area contributed by atoms with Gasteiger partial charge in [-0.25, -0.2) is 0 Å². The number of rotatable bonds is 2. The van der Waals surface area contributed by atoms with Crippen LogP contribution in [0, 0.1) is 0 Å². The van der Waals surface area contributed by atoms with Gasteiger partial charge in [-0.05, 0) is 19.8 Å². The number of hydrogen-bond donors (Lipinski definition) is 0. The van der Waals surface area contributed by atoms with Crippen molar-refractivity contribution in [2.45, 2.75) is 31.1 Å². The van der Waals surface area contributed by atoms with Gasteiger partial charge in [0, 0.05) is 5.92 Å². The maximum Gasteiger partial charge on any atom is 0.234 e. The van der Waals surface area contributed by atoms with Gasteiger partial charge in [-0.1, -0.05) is 11.3 Å². The summed E-state index contributed by atoms with van der Waals surface area (Å²) in [6.07, 6.45) is 2.42. The fourth-order valence-corrected chi connectivity index (χ4v) is 2.36. The summed E-state index contributed by atoms with van der Waals surface area (Å²) in [5, 5.41) is 13.5. The van der Waals surface area contributed by atoms with E-state index in [0.717, 1.165) is 15.8 Å². The van der Waals surface area contributed by atoms with Crippen LogP contribution in [-0.2, 0) is 0 Å². The molecule has 0 saturated heterocycles. The fourth-order valence-electron chi connectivity index (χ4n) is 1.40. The van der Waals surface area contributed by atoms with Crippen molar-refractivity contribution in [2.24, 2.45) is 0 Å². The molecule has 1 atom stereocenters. The molecule has 6 heteroatoms. The lowest BCUT2D eigenvalue weighted by molar-refractivity contribution is 0.801. The highest BCUT2D eigenvalue weighted by Crippen LogP contribution is 2.39. The number of halogens is 1. The van der Waals surface area contributed by atoms with Crippen LogP contribution in [0.1, 0.15) is 41.9 Å². The molecule has 2 aromatic heterocycles. The summed E-state index contributed by atoms with van der Waals surface area (Å²) in [5.41, 5.74) is 0. The van der Waals surface area contributed by atoms with E-state index >= 15 is 0 Å². The molecule has 0 spiro atoms. The van der Waals surface area contributed by atoms with Gasteiger partial charge in [-0.3, -0.25) is 0 Å². The van der Waals surface area contributed by atoms with E-state index in [0.29, 0.717) is 5.92 Å². The van der Waals surface area contributed by atoms with E-state index in [-0.39, 0.29) is 5.38 Å². The van der Waals surface area contributed by atoms with Crippen molar-refractivity contribution in [3.8, 4) is 0 Å². The molecule has 0 N–H and O–H groups in total. The third-order valence-electron chi connectivity index (χ3n) is 2.31. The smallest absolute Gasteiger partial charge is 0.187 e. The Morgan fingerprint density at radius 3 is 2.93 bits per heavy atom. The Kier molecular flexibility index (Phi) is 1.79. The number of nitrogens with zero attached hydrogens (tertiary/aromatic N) is 4. The lowest BCUT2D eigenvalue weighted by atomic mass is 10.4. The van der Waals surface area contributed by atoms with Gasteiger partial charge in [-0.15, -0.1) is 21.8 Å². The van der Waals surface area contributed by atoms with Crippen molar-refractivity contribution in [3.63, 3.8) is 0 Å². The molecule has 0 amide bonds. The maximum atomic E-state index is 5.97. The normalized spacial score (nSPS) is 19.0. The van der Waals surface area contributed by atoms with Crippen molar-refractivity contribution in [2.75, 3.05) is 0 Å². The molecule has 1 aliphatic rings. The number of aromatic nitrogens is 4. The van der Waals surface area contributed by atoms with E-state index in [1.54, 1.807) is 0 Å². The SMILES string of the molecule is CC(Cl)c1nn2c(C3CC3)nnc2s1. The molecule has 2 heterocycles. The first kappa shape index (κ1) is 8.61. The highest BCUT2D eigenvalue weighted by atomic mass is 35.5. The van der Waals surface area contributed by atoms with Gasteiger partial charge in [0.15, 0.2) is 5.82 Å².